The maximum atomic E-state index is 6.06. The Kier molecular flexibility index (Phi) is 3.92. The van der Waals surface area contributed by atoms with Crippen LogP contribution in [0.1, 0.15) is 35.3 Å². The van der Waals surface area contributed by atoms with Crippen molar-refractivity contribution in [2.45, 2.75) is 33.6 Å². The zero-order valence-corrected chi connectivity index (χ0v) is 11.6. The van der Waals surface area contributed by atoms with Crippen molar-refractivity contribution >= 4 is 11.6 Å². The normalized spacial score (nSPS) is 10.7. The molecule has 2 heterocycles. The highest BCUT2D eigenvalue weighted by atomic mass is 35.5. The van der Waals surface area contributed by atoms with Crippen molar-refractivity contribution < 1.29 is 0 Å². The van der Waals surface area contributed by atoms with Crippen LogP contribution in [0, 0.1) is 13.8 Å². The minimum Gasteiger partial charge on any atom is -0.261 e. The fourth-order valence-corrected chi connectivity index (χ4v) is 1.99. The lowest BCUT2D eigenvalue weighted by Crippen LogP contribution is -2.03. The van der Waals surface area contributed by atoms with Gasteiger partial charge in [0.1, 0.15) is 11.0 Å². The van der Waals surface area contributed by atoms with Gasteiger partial charge in [-0.1, -0.05) is 24.6 Å². The van der Waals surface area contributed by atoms with Crippen LogP contribution in [0.3, 0.4) is 0 Å². The highest BCUT2D eigenvalue weighted by Gasteiger charge is 2.08. The van der Waals surface area contributed by atoms with Gasteiger partial charge in [0.2, 0.25) is 0 Å². The lowest BCUT2D eigenvalue weighted by atomic mass is 10.1. The summed E-state index contributed by atoms with van der Waals surface area (Å²) in [6, 6.07) is 4.15. The third kappa shape index (κ3) is 2.85. The molecule has 2 rings (SSSR count). The summed E-state index contributed by atoms with van der Waals surface area (Å²) in [4.78, 5) is 13.0. The van der Waals surface area contributed by atoms with Crippen molar-refractivity contribution in [2.75, 3.05) is 0 Å². The maximum Gasteiger partial charge on any atom is 0.135 e. The van der Waals surface area contributed by atoms with E-state index in [1.807, 2.05) is 26.1 Å². The first kappa shape index (κ1) is 13.0. The van der Waals surface area contributed by atoms with Gasteiger partial charge in [0.15, 0.2) is 0 Å². The molecule has 0 unspecified atom stereocenters. The number of hydrogen-bond donors (Lipinski definition) is 0. The molecule has 0 fully saturated rings. The molecule has 0 amide bonds. The Morgan fingerprint density at radius 3 is 2.56 bits per heavy atom. The lowest BCUT2D eigenvalue weighted by molar-refractivity contribution is 0.920. The Bertz CT molecular complexity index is 550. The number of pyridine rings is 1. The van der Waals surface area contributed by atoms with E-state index in [1.54, 1.807) is 0 Å². The van der Waals surface area contributed by atoms with Crippen LogP contribution in [-0.4, -0.2) is 15.0 Å². The van der Waals surface area contributed by atoms with Crippen LogP contribution in [0.4, 0.5) is 0 Å². The minimum atomic E-state index is 0.530. The Hall–Kier alpha value is -1.48. The van der Waals surface area contributed by atoms with Crippen molar-refractivity contribution in [3.8, 4) is 0 Å². The van der Waals surface area contributed by atoms with E-state index in [-0.39, 0.29) is 0 Å². The second kappa shape index (κ2) is 5.44. The summed E-state index contributed by atoms with van der Waals surface area (Å²) in [7, 11) is 0. The van der Waals surface area contributed by atoms with Gasteiger partial charge in [-0.3, -0.25) is 4.98 Å². The van der Waals surface area contributed by atoms with Gasteiger partial charge in [-0.05, 0) is 31.9 Å². The predicted molar refractivity (Wildman–Crippen MR) is 72.9 cm³/mol. The van der Waals surface area contributed by atoms with Gasteiger partial charge in [0.25, 0.3) is 0 Å². The van der Waals surface area contributed by atoms with Crippen molar-refractivity contribution in [3.05, 3.63) is 51.8 Å². The van der Waals surface area contributed by atoms with Crippen LogP contribution in [0.15, 0.2) is 18.3 Å². The highest BCUT2D eigenvalue weighted by Crippen LogP contribution is 2.17. The zero-order chi connectivity index (χ0) is 13.1. The smallest absolute Gasteiger partial charge is 0.135 e. The molecule has 0 spiro atoms. The van der Waals surface area contributed by atoms with E-state index in [0.717, 1.165) is 23.4 Å². The fourth-order valence-electron chi connectivity index (χ4n) is 1.76. The third-order valence-electron chi connectivity index (χ3n) is 2.94. The summed E-state index contributed by atoms with van der Waals surface area (Å²) < 4.78 is 0. The van der Waals surface area contributed by atoms with E-state index < -0.39 is 0 Å². The number of halogens is 1. The molecule has 0 saturated carbocycles. The predicted octanol–water partition coefficient (Wildman–Crippen LogP) is 3.30. The van der Waals surface area contributed by atoms with Crippen molar-refractivity contribution in [1.29, 1.82) is 0 Å². The van der Waals surface area contributed by atoms with Gasteiger partial charge in [0, 0.05) is 23.9 Å². The van der Waals surface area contributed by atoms with Crippen LogP contribution in [-0.2, 0) is 12.8 Å². The van der Waals surface area contributed by atoms with Crippen LogP contribution in [0.5, 0.6) is 0 Å². The van der Waals surface area contributed by atoms with E-state index in [2.05, 4.69) is 27.9 Å². The number of hydrogen-bond acceptors (Lipinski definition) is 3. The van der Waals surface area contributed by atoms with Crippen LogP contribution in [0.25, 0.3) is 0 Å². The quantitative estimate of drug-likeness (QED) is 0.796. The SMILES string of the molecule is CCc1ccc(Cc2nc(C)nc(Cl)c2C)nc1. The van der Waals surface area contributed by atoms with Gasteiger partial charge < -0.3 is 0 Å². The molecule has 0 saturated heterocycles. The molecule has 3 nitrogen and oxygen atoms in total. The van der Waals surface area contributed by atoms with Crippen LogP contribution < -0.4 is 0 Å². The first-order valence-electron chi connectivity index (χ1n) is 6.03. The summed E-state index contributed by atoms with van der Waals surface area (Å²) in [5, 5.41) is 0.530. The Labute approximate surface area is 112 Å². The summed E-state index contributed by atoms with van der Waals surface area (Å²) in [6.45, 7) is 5.91. The van der Waals surface area contributed by atoms with Gasteiger partial charge in [-0.25, -0.2) is 9.97 Å². The number of aryl methyl sites for hydroxylation is 2. The van der Waals surface area contributed by atoms with Crippen molar-refractivity contribution in [3.63, 3.8) is 0 Å². The van der Waals surface area contributed by atoms with E-state index >= 15 is 0 Å². The summed E-state index contributed by atoms with van der Waals surface area (Å²) in [5.74, 6) is 0.700. The zero-order valence-electron chi connectivity index (χ0n) is 10.9. The molecule has 0 aliphatic carbocycles. The molecular formula is C14H16ClN3. The maximum absolute atomic E-state index is 6.06. The van der Waals surface area contributed by atoms with Gasteiger partial charge in [-0.15, -0.1) is 0 Å². The van der Waals surface area contributed by atoms with E-state index in [9.17, 15) is 0 Å². The molecule has 0 aromatic carbocycles. The van der Waals surface area contributed by atoms with Crippen molar-refractivity contribution in [1.82, 2.24) is 15.0 Å². The average molecular weight is 262 g/mol. The van der Waals surface area contributed by atoms with Gasteiger partial charge >= 0.3 is 0 Å². The molecule has 4 heteroatoms. The first-order chi connectivity index (χ1) is 8.60. The molecule has 18 heavy (non-hydrogen) atoms. The standard InChI is InChI=1S/C14H16ClN3/c1-4-11-5-6-12(16-8-11)7-13-9(2)14(15)18-10(3)17-13/h5-6,8H,4,7H2,1-3H3. The molecule has 2 aromatic heterocycles. The second-order valence-electron chi connectivity index (χ2n) is 4.32. The fraction of sp³-hybridized carbons (Fsp3) is 0.357. The third-order valence-corrected chi connectivity index (χ3v) is 3.31. The van der Waals surface area contributed by atoms with E-state index in [0.29, 0.717) is 17.4 Å². The van der Waals surface area contributed by atoms with Gasteiger partial charge in [0.05, 0.1) is 5.69 Å². The first-order valence-corrected chi connectivity index (χ1v) is 6.41. The summed E-state index contributed by atoms with van der Waals surface area (Å²) in [5.41, 5.74) is 4.13. The molecule has 0 aliphatic heterocycles. The number of rotatable bonds is 3. The molecule has 94 valence electrons. The van der Waals surface area contributed by atoms with Crippen molar-refractivity contribution in [2.24, 2.45) is 0 Å². The molecule has 0 atom stereocenters. The Morgan fingerprint density at radius 2 is 1.94 bits per heavy atom. The number of nitrogens with zero attached hydrogens (tertiary/aromatic N) is 3. The van der Waals surface area contributed by atoms with Gasteiger partial charge in [-0.2, -0.15) is 0 Å². The van der Waals surface area contributed by atoms with Crippen LogP contribution >= 0.6 is 11.6 Å². The molecule has 2 aromatic rings. The Morgan fingerprint density at radius 1 is 1.17 bits per heavy atom. The van der Waals surface area contributed by atoms with E-state index in [4.69, 9.17) is 11.6 Å². The molecule has 0 N–H and O–H groups in total. The minimum absolute atomic E-state index is 0.530. The second-order valence-corrected chi connectivity index (χ2v) is 4.68. The molecule has 0 bridgehead atoms. The molecular weight excluding hydrogens is 246 g/mol. The molecule has 0 radical (unpaired) electrons. The number of aromatic nitrogens is 3. The largest absolute Gasteiger partial charge is 0.261 e. The monoisotopic (exact) mass is 261 g/mol. The van der Waals surface area contributed by atoms with Crippen LogP contribution in [0.2, 0.25) is 5.15 Å². The lowest BCUT2D eigenvalue weighted by Gasteiger charge is -2.07. The molecule has 0 aliphatic rings. The average Bonchev–Trinajstić information content (AvgIpc) is 2.36. The highest BCUT2D eigenvalue weighted by molar-refractivity contribution is 6.30. The van der Waals surface area contributed by atoms with E-state index in [1.165, 1.54) is 5.56 Å². The summed E-state index contributed by atoms with van der Waals surface area (Å²) in [6.07, 6.45) is 3.62. The topological polar surface area (TPSA) is 38.7 Å². The summed E-state index contributed by atoms with van der Waals surface area (Å²) >= 11 is 6.06. The Balaban J connectivity index is 2.27.